The van der Waals surface area contributed by atoms with Crippen molar-refractivity contribution in [2.24, 2.45) is 0 Å². The summed E-state index contributed by atoms with van der Waals surface area (Å²) in [6.07, 6.45) is 4.77. The highest BCUT2D eigenvalue weighted by Crippen LogP contribution is 2.21. The maximum atomic E-state index is 13.1. The highest BCUT2D eigenvalue weighted by Gasteiger charge is 2.27. The highest BCUT2D eigenvalue weighted by molar-refractivity contribution is 5.89. The average molecular weight is 386 g/mol. The van der Waals surface area contributed by atoms with Gasteiger partial charge in [-0.05, 0) is 44.5 Å². The zero-order chi connectivity index (χ0) is 19.9. The summed E-state index contributed by atoms with van der Waals surface area (Å²) in [6.45, 7) is 7.50. The molecule has 28 heavy (non-hydrogen) atoms. The number of carbonyl (C=O) groups excluding carboxylic acids is 2. The molecule has 1 aliphatic rings. The minimum Gasteiger partial charge on any atom is -0.466 e. The number of fused-ring (bicyclic) bond motifs is 1. The van der Waals surface area contributed by atoms with E-state index in [-0.39, 0.29) is 18.3 Å². The van der Waals surface area contributed by atoms with E-state index in [2.05, 4.69) is 16.8 Å². The molecular weight excluding hydrogens is 354 g/mol. The second kappa shape index (κ2) is 9.73. The van der Waals surface area contributed by atoms with Gasteiger partial charge in [-0.1, -0.05) is 25.1 Å². The molecule has 1 aromatic heterocycles. The lowest BCUT2D eigenvalue weighted by molar-refractivity contribution is -0.144. The van der Waals surface area contributed by atoms with Gasteiger partial charge in [0.15, 0.2) is 0 Å². The number of likely N-dealkylation sites (tertiary alicyclic amines) is 1. The van der Waals surface area contributed by atoms with E-state index in [1.807, 2.05) is 35.4 Å². The third-order valence-corrected chi connectivity index (χ3v) is 5.60. The van der Waals surface area contributed by atoms with Crippen molar-refractivity contribution < 1.29 is 14.3 Å². The Hall–Kier alpha value is -2.34. The van der Waals surface area contributed by atoms with Gasteiger partial charge < -0.3 is 14.6 Å². The normalized spacial score (nSPS) is 17.1. The van der Waals surface area contributed by atoms with Gasteiger partial charge in [0.05, 0.1) is 19.4 Å². The van der Waals surface area contributed by atoms with Crippen molar-refractivity contribution in [3.63, 3.8) is 0 Å². The molecule has 0 saturated carbocycles. The topological polar surface area (TPSA) is 65.6 Å². The molecule has 1 amide bonds. The van der Waals surface area contributed by atoms with Gasteiger partial charge in [0.2, 0.25) is 5.91 Å². The first-order chi connectivity index (χ1) is 13.6. The molecule has 0 spiro atoms. The molecule has 0 bridgehead atoms. The first-order valence-electron chi connectivity index (χ1n) is 10.3. The lowest BCUT2D eigenvalue weighted by atomic mass is 10.1. The van der Waals surface area contributed by atoms with E-state index >= 15 is 0 Å². The third-order valence-electron chi connectivity index (χ3n) is 5.60. The molecule has 152 valence electrons. The van der Waals surface area contributed by atoms with Gasteiger partial charge in [-0.2, -0.15) is 0 Å². The van der Waals surface area contributed by atoms with Crippen LogP contribution >= 0.6 is 0 Å². The molecule has 1 saturated heterocycles. The maximum Gasteiger partial charge on any atom is 0.307 e. The number of hydrogen-bond donors (Lipinski definition) is 1. The summed E-state index contributed by atoms with van der Waals surface area (Å²) in [5.41, 5.74) is 2.04. The molecule has 1 N–H and O–H groups in total. The molecule has 1 aromatic carbocycles. The number of carbonyl (C=O) groups is 2. The van der Waals surface area contributed by atoms with E-state index < -0.39 is 0 Å². The van der Waals surface area contributed by atoms with Crippen molar-refractivity contribution in [2.45, 2.75) is 45.6 Å². The Kier molecular flexibility index (Phi) is 7.09. The van der Waals surface area contributed by atoms with E-state index in [0.717, 1.165) is 36.0 Å². The van der Waals surface area contributed by atoms with Gasteiger partial charge in [0.25, 0.3) is 0 Å². The van der Waals surface area contributed by atoms with Gasteiger partial charge in [0, 0.05) is 36.2 Å². The molecule has 6 heteroatoms. The van der Waals surface area contributed by atoms with E-state index in [0.29, 0.717) is 32.2 Å². The van der Waals surface area contributed by atoms with Crippen molar-refractivity contribution in [3.05, 3.63) is 36.0 Å². The number of amides is 1. The minimum absolute atomic E-state index is 0.0667. The summed E-state index contributed by atoms with van der Waals surface area (Å²) in [7, 11) is 0. The monoisotopic (exact) mass is 385 g/mol. The summed E-state index contributed by atoms with van der Waals surface area (Å²) in [5.74, 6) is -0.178. The lowest BCUT2D eigenvalue weighted by Crippen LogP contribution is -2.44. The lowest BCUT2D eigenvalue weighted by Gasteiger charge is -2.30. The number of ether oxygens (including phenoxy) is 1. The first-order valence-corrected chi connectivity index (χ1v) is 10.3. The average Bonchev–Trinajstić information content (AvgIpc) is 3.32. The first kappa shape index (κ1) is 20.4. The van der Waals surface area contributed by atoms with Crippen LogP contribution in [0.3, 0.4) is 0 Å². The standard InChI is InChI=1S/C22H31N3O3/c1-3-24-12-7-8-18(24)16-25(13-11-22(27)28-4-2)21(26)14-17-15-23-20-10-6-5-9-19(17)20/h5-6,9-10,15,18,23H,3-4,7-8,11-14,16H2,1-2H3. The van der Waals surface area contributed by atoms with E-state index in [1.54, 1.807) is 6.92 Å². The van der Waals surface area contributed by atoms with Crippen molar-refractivity contribution in [1.29, 1.82) is 0 Å². The van der Waals surface area contributed by atoms with E-state index in [4.69, 9.17) is 4.74 Å². The summed E-state index contributed by atoms with van der Waals surface area (Å²) in [5, 5.41) is 1.08. The molecule has 0 radical (unpaired) electrons. The Morgan fingerprint density at radius 2 is 2.11 bits per heavy atom. The van der Waals surface area contributed by atoms with Crippen LogP contribution in [0.2, 0.25) is 0 Å². The minimum atomic E-state index is -0.244. The molecule has 3 rings (SSSR count). The summed E-state index contributed by atoms with van der Waals surface area (Å²) >= 11 is 0. The number of H-pyrrole nitrogens is 1. The summed E-state index contributed by atoms with van der Waals surface area (Å²) < 4.78 is 5.06. The summed E-state index contributed by atoms with van der Waals surface area (Å²) in [6, 6.07) is 8.39. The largest absolute Gasteiger partial charge is 0.466 e. The Balaban J connectivity index is 1.70. The van der Waals surface area contributed by atoms with Crippen molar-refractivity contribution >= 4 is 22.8 Å². The SMILES string of the molecule is CCOC(=O)CCN(CC1CCCN1CC)C(=O)Cc1c[nH]c2ccccc12. The van der Waals surface area contributed by atoms with Crippen LogP contribution in [0.4, 0.5) is 0 Å². The van der Waals surface area contributed by atoms with Crippen LogP contribution in [-0.4, -0.2) is 65.5 Å². The zero-order valence-electron chi connectivity index (χ0n) is 16.9. The molecular formula is C22H31N3O3. The number of likely N-dealkylation sites (N-methyl/N-ethyl adjacent to an activating group) is 1. The van der Waals surface area contributed by atoms with E-state index in [1.165, 1.54) is 6.42 Å². The van der Waals surface area contributed by atoms with Gasteiger partial charge in [-0.3, -0.25) is 14.5 Å². The van der Waals surface area contributed by atoms with Gasteiger partial charge in [0.1, 0.15) is 0 Å². The Morgan fingerprint density at radius 3 is 2.89 bits per heavy atom. The van der Waals surface area contributed by atoms with Gasteiger partial charge in [-0.25, -0.2) is 0 Å². The predicted octanol–water partition coefficient (Wildman–Crippen LogP) is 2.98. The molecule has 6 nitrogen and oxygen atoms in total. The van der Waals surface area contributed by atoms with Crippen molar-refractivity contribution in [3.8, 4) is 0 Å². The molecule has 1 fully saturated rings. The van der Waals surface area contributed by atoms with E-state index in [9.17, 15) is 9.59 Å². The Labute approximate surface area is 166 Å². The number of aromatic amines is 1. The van der Waals surface area contributed by atoms with Gasteiger partial charge >= 0.3 is 5.97 Å². The highest BCUT2D eigenvalue weighted by atomic mass is 16.5. The van der Waals surface area contributed by atoms with Crippen molar-refractivity contribution in [1.82, 2.24) is 14.8 Å². The van der Waals surface area contributed by atoms with Crippen LogP contribution in [0.1, 0.15) is 38.7 Å². The van der Waals surface area contributed by atoms with Crippen LogP contribution in [0.15, 0.2) is 30.5 Å². The Morgan fingerprint density at radius 1 is 1.29 bits per heavy atom. The maximum absolute atomic E-state index is 13.1. The molecule has 2 heterocycles. The van der Waals surface area contributed by atoms with Crippen LogP contribution in [0.5, 0.6) is 0 Å². The number of para-hydroxylation sites is 1. The second-order valence-corrected chi connectivity index (χ2v) is 7.36. The van der Waals surface area contributed by atoms with Crippen LogP contribution in [-0.2, 0) is 20.7 Å². The molecule has 0 aliphatic carbocycles. The van der Waals surface area contributed by atoms with Crippen molar-refractivity contribution in [2.75, 3.05) is 32.8 Å². The number of benzene rings is 1. The molecule has 1 unspecified atom stereocenters. The number of nitrogens with zero attached hydrogens (tertiary/aromatic N) is 2. The predicted molar refractivity (Wildman–Crippen MR) is 110 cm³/mol. The molecule has 1 atom stereocenters. The smallest absolute Gasteiger partial charge is 0.307 e. The van der Waals surface area contributed by atoms with Crippen LogP contribution < -0.4 is 0 Å². The zero-order valence-corrected chi connectivity index (χ0v) is 16.9. The quantitative estimate of drug-likeness (QED) is 0.674. The second-order valence-electron chi connectivity index (χ2n) is 7.36. The number of rotatable bonds is 9. The van der Waals surface area contributed by atoms with Gasteiger partial charge in [-0.15, -0.1) is 0 Å². The molecule has 1 aliphatic heterocycles. The van der Waals surface area contributed by atoms with Crippen LogP contribution in [0.25, 0.3) is 10.9 Å². The number of esters is 1. The fraction of sp³-hybridized carbons (Fsp3) is 0.545. The van der Waals surface area contributed by atoms with Crippen LogP contribution in [0, 0.1) is 0 Å². The fourth-order valence-electron chi connectivity index (χ4n) is 4.10. The number of hydrogen-bond acceptors (Lipinski definition) is 4. The molecule has 2 aromatic rings. The number of nitrogens with one attached hydrogen (secondary N) is 1. The number of aromatic nitrogens is 1. The summed E-state index contributed by atoms with van der Waals surface area (Å²) in [4.78, 5) is 32.5. The fourth-order valence-corrected chi connectivity index (χ4v) is 4.10. The Bertz CT molecular complexity index is 801. The third kappa shape index (κ3) is 4.93.